The number of para-hydroxylation sites is 2. The molecular weight excluding hydrogens is 679 g/mol. The first-order valence-electron chi connectivity index (χ1n) is 20.8. The molecule has 0 saturated heterocycles. The van der Waals surface area contributed by atoms with Crippen molar-refractivity contribution in [3.05, 3.63) is 212 Å². The fraction of sp³-hybridized carbons (Fsp3) is 0. The molecule has 0 aliphatic carbocycles. The van der Waals surface area contributed by atoms with Crippen LogP contribution in [0.5, 0.6) is 0 Å². The van der Waals surface area contributed by atoms with Crippen LogP contribution < -0.4 is 4.90 Å². The summed E-state index contributed by atoms with van der Waals surface area (Å²) in [6, 6.07) is 62.7. The molecule has 11 aromatic rings. The third-order valence-electron chi connectivity index (χ3n) is 10.9. The van der Waals surface area contributed by atoms with Gasteiger partial charge in [0.2, 0.25) is 0 Å². The minimum absolute atomic E-state index is 0.104. The monoisotopic (exact) mass is 717 g/mol. The molecule has 0 atom stereocenters. The Balaban J connectivity index is 1.16. The number of hydrogen-bond donors (Lipinski definition) is 0. The minimum Gasteiger partial charge on any atom is -0.455 e. The van der Waals surface area contributed by atoms with Gasteiger partial charge in [0.1, 0.15) is 11.2 Å². The molecule has 0 amide bonds. The summed E-state index contributed by atoms with van der Waals surface area (Å²) >= 11 is 0. The van der Waals surface area contributed by atoms with Gasteiger partial charge in [0.05, 0.1) is 11.2 Å². The van der Waals surface area contributed by atoms with Gasteiger partial charge in [0.25, 0.3) is 0 Å². The lowest BCUT2D eigenvalue weighted by Gasteiger charge is -2.28. The quantitative estimate of drug-likeness (QED) is 0.170. The molecule has 0 saturated carbocycles. The number of hydrogen-bond acceptors (Lipinski definition) is 2. The van der Waals surface area contributed by atoms with Crippen LogP contribution in [-0.4, -0.2) is 0 Å². The van der Waals surface area contributed by atoms with E-state index in [0.717, 1.165) is 76.5 Å². The van der Waals surface area contributed by atoms with Crippen molar-refractivity contribution in [3.8, 4) is 33.4 Å². The Bertz CT molecular complexity index is 3460. The molecule has 0 aliphatic rings. The van der Waals surface area contributed by atoms with Gasteiger partial charge in [0.15, 0.2) is 0 Å². The van der Waals surface area contributed by atoms with Crippen LogP contribution in [-0.2, 0) is 0 Å². The number of benzene rings is 10. The summed E-state index contributed by atoms with van der Waals surface area (Å²) < 4.78 is 44.9. The predicted molar refractivity (Wildman–Crippen MR) is 237 cm³/mol. The molecular formula is C54H35NO. The molecule has 2 nitrogen and oxygen atoms in total. The van der Waals surface area contributed by atoms with E-state index in [2.05, 4.69) is 78.9 Å². The van der Waals surface area contributed by atoms with Crippen LogP contribution in [0.4, 0.5) is 17.1 Å². The van der Waals surface area contributed by atoms with E-state index in [-0.39, 0.29) is 35.4 Å². The topological polar surface area (TPSA) is 16.4 Å². The molecule has 0 radical (unpaired) electrons. The molecule has 1 heterocycles. The zero-order valence-electron chi connectivity index (χ0n) is 34.3. The standard InChI is InChI=1S/C54H35NO/c1-2-14-40-34-41(25-24-36(40)12-1)37-26-30-42(31-27-37)55(43-32-28-39(29-33-43)45-21-11-15-38-13-3-4-16-44(38)45)52-22-9-7-18-47(52)50-35-51-48-19-8-10-23-53(48)56-54(51)49-20-6-5-17-46(49)50/h1-35H/i26D,27D,30D,31D. The Kier molecular flexibility index (Phi) is 6.60. The zero-order valence-corrected chi connectivity index (χ0v) is 30.3. The summed E-state index contributed by atoms with van der Waals surface area (Å²) in [5, 5.41) is 8.28. The second-order valence-electron chi connectivity index (χ2n) is 14.2. The van der Waals surface area contributed by atoms with E-state index < -0.39 is 0 Å². The molecule has 56 heavy (non-hydrogen) atoms. The smallest absolute Gasteiger partial charge is 0.143 e. The van der Waals surface area contributed by atoms with Crippen molar-refractivity contribution in [2.24, 2.45) is 0 Å². The van der Waals surface area contributed by atoms with Crippen LogP contribution in [0.3, 0.4) is 0 Å². The highest BCUT2D eigenvalue weighted by molar-refractivity contribution is 6.20. The Morgan fingerprint density at radius 2 is 0.982 bits per heavy atom. The maximum atomic E-state index is 9.72. The summed E-state index contributed by atoms with van der Waals surface area (Å²) in [5.74, 6) is 0. The van der Waals surface area contributed by atoms with Gasteiger partial charge in [-0.15, -0.1) is 0 Å². The molecule has 11 rings (SSSR count). The molecule has 0 aliphatic heterocycles. The zero-order chi connectivity index (χ0) is 40.5. The third kappa shape index (κ3) is 5.34. The first-order valence-corrected chi connectivity index (χ1v) is 18.8. The summed E-state index contributed by atoms with van der Waals surface area (Å²) in [6.07, 6.45) is 0. The van der Waals surface area contributed by atoms with Gasteiger partial charge in [-0.25, -0.2) is 0 Å². The summed E-state index contributed by atoms with van der Waals surface area (Å²) in [5.41, 5.74) is 8.06. The average molecular weight is 718 g/mol. The summed E-state index contributed by atoms with van der Waals surface area (Å²) in [6.45, 7) is 0. The number of furan rings is 1. The first kappa shape index (κ1) is 28.1. The number of fused-ring (bicyclic) bond motifs is 7. The lowest BCUT2D eigenvalue weighted by atomic mass is 9.93. The van der Waals surface area contributed by atoms with Crippen LogP contribution in [0.2, 0.25) is 0 Å². The van der Waals surface area contributed by atoms with Crippen molar-refractivity contribution in [3.63, 3.8) is 0 Å². The number of rotatable bonds is 6. The molecule has 0 spiro atoms. The van der Waals surface area contributed by atoms with Crippen molar-refractivity contribution < 1.29 is 9.90 Å². The van der Waals surface area contributed by atoms with Crippen molar-refractivity contribution in [2.45, 2.75) is 0 Å². The lowest BCUT2D eigenvalue weighted by Crippen LogP contribution is -2.11. The van der Waals surface area contributed by atoms with Crippen molar-refractivity contribution in [1.29, 1.82) is 0 Å². The van der Waals surface area contributed by atoms with E-state index in [4.69, 9.17) is 4.42 Å². The molecule has 2 heteroatoms. The van der Waals surface area contributed by atoms with Crippen LogP contribution in [0.15, 0.2) is 217 Å². The van der Waals surface area contributed by atoms with Gasteiger partial charge in [-0.3, -0.25) is 0 Å². The normalized spacial score (nSPS) is 12.6. The van der Waals surface area contributed by atoms with Crippen LogP contribution in [0, 0.1) is 0 Å². The number of nitrogens with zero attached hydrogens (tertiary/aromatic N) is 1. The fourth-order valence-corrected chi connectivity index (χ4v) is 8.23. The van der Waals surface area contributed by atoms with Crippen molar-refractivity contribution in [2.75, 3.05) is 4.90 Å². The molecule has 0 unspecified atom stereocenters. The Morgan fingerprint density at radius 1 is 0.357 bits per heavy atom. The highest BCUT2D eigenvalue weighted by atomic mass is 16.3. The van der Waals surface area contributed by atoms with E-state index in [1.807, 2.05) is 114 Å². The second-order valence-corrected chi connectivity index (χ2v) is 14.2. The fourth-order valence-electron chi connectivity index (χ4n) is 8.23. The highest BCUT2D eigenvalue weighted by Crippen LogP contribution is 2.46. The lowest BCUT2D eigenvalue weighted by molar-refractivity contribution is 0.672. The molecule has 262 valence electrons. The van der Waals surface area contributed by atoms with Crippen LogP contribution in [0.25, 0.3) is 87.6 Å². The third-order valence-corrected chi connectivity index (χ3v) is 10.9. The molecule has 10 aromatic carbocycles. The first-order chi connectivity index (χ1) is 29.4. The number of anilines is 3. The maximum Gasteiger partial charge on any atom is 0.143 e. The van der Waals surface area contributed by atoms with E-state index >= 15 is 0 Å². The van der Waals surface area contributed by atoms with E-state index in [9.17, 15) is 5.48 Å². The minimum atomic E-state index is -0.131. The van der Waals surface area contributed by atoms with Gasteiger partial charge in [-0.1, -0.05) is 164 Å². The molecule has 0 bridgehead atoms. The van der Waals surface area contributed by atoms with Gasteiger partial charge < -0.3 is 9.32 Å². The molecule has 1 aromatic heterocycles. The SMILES string of the molecule is [2H]c1c([2H])c(N(c2ccc(-c3cccc4ccccc34)cc2)c2ccccc2-c2cc3c4ccccc4oc3c3ccccc23)c([2H])c([2H])c1-c1ccc2ccccc2c1. The van der Waals surface area contributed by atoms with Gasteiger partial charge in [-0.05, 0) is 103 Å². The maximum absolute atomic E-state index is 9.72. The second kappa shape index (κ2) is 13.2. The Morgan fingerprint density at radius 3 is 1.82 bits per heavy atom. The molecule has 0 N–H and O–H groups in total. The van der Waals surface area contributed by atoms with Gasteiger partial charge >= 0.3 is 0 Å². The largest absolute Gasteiger partial charge is 0.455 e. The molecule has 0 fully saturated rings. The summed E-state index contributed by atoms with van der Waals surface area (Å²) in [4.78, 5) is 1.90. The van der Waals surface area contributed by atoms with E-state index in [1.54, 1.807) is 0 Å². The average Bonchev–Trinajstić information content (AvgIpc) is 3.68. The van der Waals surface area contributed by atoms with Gasteiger partial charge in [0, 0.05) is 33.1 Å². The van der Waals surface area contributed by atoms with E-state index in [0.29, 0.717) is 16.9 Å². The van der Waals surface area contributed by atoms with Gasteiger partial charge in [-0.2, -0.15) is 0 Å². The Hall–Kier alpha value is -7.42. The van der Waals surface area contributed by atoms with Crippen LogP contribution >= 0.6 is 0 Å². The Labute approximate surface area is 330 Å². The highest BCUT2D eigenvalue weighted by Gasteiger charge is 2.21. The summed E-state index contributed by atoms with van der Waals surface area (Å²) in [7, 11) is 0. The van der Waals surface area contributed by atoms with Crippen molar-refractivity contribution >= 4 is 71.3 Å². The van der Waals surface area contributed by atoms with Crippen molar-refractivity contribution in [1.82, 2.24) is 0 Å². The van der Waals surface area contributed by atoms with Crippen LogP contribution in [0.1, 0.15) is 5.48 Å². The predicted octanol–water partition coefficient (Wildman–Crippen LogP) is 15.5. The van der Waals surface area contributed by atoms with E-state index in [1.165, 1.54) is 0 Å².